The van der Waals surface area contributed by atoms with Gasteiger partial charge in [-0.3, -0.25) is 4.79 Å². The molecule has 0 spiro atoms. The third kappa shape index (κ3) is 3.26. The summed E-state index contributed by atoms with van der Waals surface area (Å²) in [4.78, 5) is 17.5. The number of pyridine rings is 1. The molecule has 0 saturated carbocycles. The number of fused-ring (bicyclic) bond motifs is 1. The summed E-state index contributed by atoms with van der Waals surface area (Å²) in [5.74, 6) is 1.32. The van der Waals surface area contributed by atoms with E-state index in [1.165, 1.54) is 6.08 Å². The van der Waals surface area contributed by atoms with Crippen LogP contribution in [0.3, 0.4) is 0 Å². The van der Waals surface area contributed by atoms with E-state index in [9.17, 15) is 9.90 Å². The quantitative estimate of drug-likeness (QED) is 0.708. The van der Waals surface area contributed by atoms with E-state index in [1.807, 2.05) is 35.7 Å². The molecule has 1 aliphatic heterocycles. The number of phenolic OH excluding ortho intramolecular Hbond substituents is 1. The van der Waals surface area contributed by atoms with Crippen molar-refractivity contribution in [2.75, 3.05) is 19.7 Å². The molecule has 0 bridgehead atoms. The zero-order valence-electron chi connectivity index (χ0n) is 15.1. The van der Waals surface area contributed by atoms with E-state index in [1.54, 1.807) is 23.5 Å². The van der Waals surface area contributed by atoms with Crippen LogP contribution in [-0.2, 0) is 4.79 Å². The zero-order chi connectivity index (χ0) is 19.0. The number of rotatable bonds is 5. The van der Waals surface area contributed by atoms with Gasteiger partial charge in [0.25, 0.3) is 0 Å². The van der Waals surface area contributed by atoms with Gasteiger partial charge in [0.05, 0.1) is 19.1 Å². The van der Waals surface area contributed by atoms with Gasteiger partial charge in [-0.05, 0) is 42.3 Å². The van der Waals surface area contributed by atoms with E-state index >= 15 is 0 Å². The number of likely N-dealkylation sites (tertiary alicyclic amines) is 1. The molecule has 1 aromatic carbocycles. The maximum atomic E-state index is 11.5. The molecule has 6 heteroatoms. The molecule has 1 saturated heterocycles. The fourth-order valence-electron chi connectivity index (χ4n) is 3.30. The van der Waals surface area contributed by atoms with Crippen LogP contribution in [0.2, 0.25) is 0 Å². The largest absolute Gasteiger partial charge is 0.508 e. The van der Waals surface area contributed by atoms with Crippen molar-refractivity contribution in [3.63, 3.8) is 0 Å². The highest BCUT2D eigenvalue weighted by molar-refractivity contribution is 5.87. The molecule has 27 heavy (non-hydrogen) atoms. The Balaban J connectivity index is 1.55. The molecule has 2 aromatic heterocycles. The second-order valence-electron chi connectivity index (χ2n) is 6.90. The zero-order valence-corrected chi connectivity index (χ0v) is 15.1. The molecule has 138 valence electrons. The van der Waals surface area contributed by atoms with Crippen LogP contribution in [-0.4, -0.2) is 45.0 Å². The van der Waals surface area contributed by atoms with Crippen molar-refractivity contribution in [1.29, 1.82) is 0 Å². The van der Waals surface area contributed by atoms with Gasteiger partial charge < -0.3 is 19.1 Å². The number of aromatic hydroxyl groups is 1. The van der Waals surface area contributed by atoms with Crippen molar-refractivity contribution >= 4 is 11.4 Å². The molecule has 0 unspecified atom stereocenters. The number of imidazole rings is 1. The first-order valence-corrected chi connectivity index (χ1v) is 8.85. The number of amides is 1. The molecule has 3 aromatic rings. The van der Waals surface area contributed by atoms with Crippen LogP contribution in [0.15, 0.2) is 55.6 Å². The SMILES string of the molecule is C=CC(=O)N1CC(COc2cc(-c3ccc(O)c(C)c3)cn3cncc23)C1. The highest BCUT2D eigenvalue weighted by Gasteiger charge is 2.29. The predicted octanol–water partition coefficient (Wildman–Crippen LogP) is 3.04. The van der Waals surface area contributed by atoms with Crippen molar-refractivity contribution in [2.45, 2.75) is 6.92 Å². The number of hydrogen-bond donors (Lipinski definition) is 1. The van der Waals surface area contributed by atoms with Crippen LogP contribution in [0.4, 0.5) is 0 Å². The fraction of sp³-hybridized carbons (Fsp3) is 0.238. The summed E-state index contributed by atoms with van der Waals surface area (Å²) in [6, 6.07) is 7.52. The predicted molar refractivity (Wildman–Crippen MR) is 103 cm³/mol. The number of carbonyl (C=O) groups excluding carboxylic acids is 1. The minimum absolute atomic E-state index is 0.0332. The van der Waals surface area contributed by atoms with Crippen LogP contribution >= 0.6 is 0 Å². The number of phenols is 1. The Bertz CT molecular complexity index is 1020. The van der Waals surface area contributed by atoms with E-state index in [0.717, 1.165) is 28.0 Å². The van der Waals surface area contributed by atoms with Gasteiger partial charge in [-0.25, -0.2) is 4.98 Å². The van der Waals surface area contributed by atoms with E-state index in [0.29, 0.717) is 25.6 Å². The highest BCUT2D eigenvalue weighted by atomic mass is 16.5. The lowest BCUT2D eigenvalue weighted by molar-refractivity contribution is -0.132. The summed E-state index contributed by atoms with van der Waals surface area (Å²) in [5, 5.41) is 9.77. The maximum Gasteiger partial charge on any atom is 0.245 e. The van der Waals surface area contributed by atoms with Crippen molar-refractivity contribution in [3.05, 3.63) is 61.2 Å². The van der Waals surface area contributed by atoms with Crippen molar-refractivity contribution in [2.24, 2.45) is 5.92 Å². The summed E-state index contributed by atoms with van der Waals surface area (Å²) < 4.78 is 8.02. The van der Waals surface area contributed by atoms with E-state index < -0.39 is 0 Å². The molecular weight excluding hydrogens is 342 g/mol. The number of aromatic nitrogens is 2. The Morgan fingerprint density at radius 1 is 1.37 bits per heavy atom. The second kappa shape index (κ2) is 6.79. The molecular formula is C21H21N3O3. The average Bonchev–Trinajstić information content (AvgIpc) is 3.11. The Morgan fingerprint density at radius 3 is 2.93 bits per heavy atom. The lowest BCUT2D eigenvalue weighted by Gasteiger charge is -2.38. The molecule has 0 aliphatic carbocycles. The van der Waals surface area contributed by atoms with Crippen molar-refractivity contribution in [1.82, 2.24) is 14.3 Å². The van der Waals surface area contributed by atoms with Gasteiger partial charge in [-0.2, -0.15) is 0 Å². The topological polar surface area (TPSA) is 67.1 Å². The Labute approximate surface area is 157 Å². The number of aryl methyl sites for hydroxylation is 1. The molecule has 0 atom stereocenters. The third-order valence-corrected chi connectivity index (χ3v) is 4.93. The lowest BCUT2D eigenvalue weighted by atomic mass is 10.0. The Morgan fingerprint density at radius 2 is 2.19 bits per heavy atom. The van der Waals surface area contributed by atoms with Gasteiger partial charge in [0.1, 0.15) is 17.0 Å². The van der Waals surface area contributed by atoms with Crippen LogP contribution in [0.5, 0.6) is 11.5 Å². The Kier molecular flexibility index (Phi) is 4.32. The van der Waals surface area contributed by atoms with Crippen molar-refractivity contribution < 1.29 is 14.6 Å². The van der Waals surface area contributed by atoms with E-state index in [2.05, 4.69) is 11.6 Å². The summed E-state index contributed by atoms with van der Waals surface area (Å²) in [6.07, 6.45) is 6.85. The molecule has 3 heterocycles. The first-order chi connectivity index (χ1) is 13.0. The number of benzene rings is 1. The van der Waals surface area contributed by atoms with Gasteiger partial charge in [0.15, 0.2) is 0 Å². The van der Waals surface area contributed by atoms with Gasteiger partial charge in [-0.15, -0.1) is 0 Å². The standard InChI is InChI=1S/C21H21N3O3/c1-3-21(26)23-9-15(10-23)12-27-20-7-17(11-24-13-22-8-18(20)24)16-4-5-19(25)14(2)6-16/h3-8,11,13,15,25H,1,9-10,12H2,2H3. The van der Waals surface area contributed by atoms with Crippen LogP contribution in [0.1, 0.15) is 5.56 Å². The van der Waals surface area contributed by atoms with Crippen LogP contribution in [0, 0.1) is 12.8 Å². The smallest absolute Gasteiger partial charge is 0.245 e. The molecule has 6 nitrogen and oxygen atoms in total. The van der Waals surface area contributed by atoms with E-state index in [-0.39, 0.29) is 11.7 Å². The van der Waals surface area contributed by atoms with Crippen molar-refractivity contribution in [3.8, 4) is 22.6 Å². The van der Waals surface area contributed by atoms with Gasteiger partial charge in [0, 0.05) is 30.8 Å². The summed E-state index contributed by atoms with van der Waals surface area (Å²) >= 11 is 0. The molecule has 0 radical (unpaired) electrons. The second-order valence-corrected chi connectivity index (χ2v) is 6.90. The summed E-state index contributed by atoms with van der Waals surface area (Å²) in [7, 11) is 0. The number of hydrogen-bond acceptors (Lipinski definition) is 4. The number of carbonyl (C=O) groups is 1. The maximum absolute atomic E-state index is 11.5. The average molecular weight is 363 g/mol. The van der Waals surface area contributed by atoms with Crippen LogP contribution < -0.4 is 4.74 Å². The molecule has 4 rings (SSSR count). The van der Waals surface area contributed by atoms with Crippen LogP contribution in [0.25, 0.3) is 16.6 Å². The molecule has 1 fully saturated rings. The molecule has 1 aliphatic rings. The summed E-state index contributed by atoms with van der Waals surface area (Å²) in [6.45, 7) is 7.31. The first-order valence-electron chi connectivity index (χ1n) is 8.85. The normalized spacial score (nSPS) is 14.2. The summed E-state index contributed by atoms with van der Waals surface area (Å²) in [5.41, 5.74) is 3.70. The minimum atomic E-state index is -0.0332. The fourth-order valence-corrected chi connectivity index (χ4v) is 3.30. The molecule has 1 amide bonds. The number of nitrogens with zero attached hydrogens (tertiary/aromatic N) is 3. The van der Waals surface area contributed by atoms with E-state index in [4.69, 9.17) is 4.74 Å². The monoisotopic (exact) mass is 363 g/mol. The highest BCUT2D eigenvalue weighted by Crippen LogP contribution is 2.31. The third-order valence-electron chi connectivity index (χ3n) is 4.93. The lowest BCUT2D eigenvalue weighted by Crippen LogP contribution is -2.51. The van der Waals surface area contributed by atoms with Gasteiger partial charge in [-0.1, -0.05) is 12.6 Å². The minimum Gasteiger partial charge on any atom is -0.508 e. The van der Waals surface area contributed by atoms with Gasteiger partial charge in [0.2, 0.25) is 5.91 Å². The Hall–Kier alpha value is -3.28. The van der Waals surface area contributed by atoms with Gasteiger partial charge >= 0.3 is 0 Å². The number of ether oxygens (including phenoxy) is 1. The first kappa shape index (κ1) is 17.1. The molecule has 1 N–H and O–H groups in total.